The Morgan fingerprint density at radius 1 is 1.31 bits per heavy atom. The number of anilines is 1. The van der Waals surface area contributed by atoms with Crippen molar-refractivity contribution in [3.63, 3.8) is 0 Å². The minimum absolute atomic E-state index is 0.492. The van der Waals surface area contributed by atoms with Crippen molar-refractivity contribution in [1.82, 2.24) is 5.32 Å². The van der Waals surface area contributed by atoms with Gasteiger partial charge in [-0.2, -0.15) is 0 Å². The SMILES string of the molecule is C=CCC(C)NCc1ccc(N(C)C)cc1. The van der Waals surface area contributed by atoms with Gasteiger partial charge in [0.1, 0.15) is 0 Å². The molecule has 0 heterocycles. The first-order chi connectivity index (χ1) is 7.63. The summed E-state index contributed by atoms with van der Waals surface area (Å²) in [7, 11) is 4.11. The maximum atomic E-state index is 3.74. The van der Waals surface area contributed by atoms with Crippen LogP contribution in [0.25, 0.3) is 0 Å². The second-order valence-electron chi connectivity index (χ2n) is 4.37. The van der Waals surface area contributed by atoms with E-state index in [9.17, 15) is 0 Å². The van der Waals surface area contributed by atoms with Gasteiger partial charge in [0.25, 0.3) is 0 Å². The molecule has 1 unspecified atom stereocenters. The van der Waals surface area contributed by atoms with Crippen LogP contribution in [0, 0.1) is 0 Å². The first-order valence-electron chi connectivity index (χ1n) is 5.74. The Labute approximate surface area is 99.0 Å². The van der Waals surface area contributed by atoms with E-state index in [1.54, 1.807) is 0 Å². The Hall–Kier alpha value is -1.28. The van der Waals surface area contributed by atoms with Crippen molar-refractivity contribution in [3.05, 3.63) is 42.5 Å². The first-order valence-corrected chi connectivity index (χ1v) is 5.74. The molecule has 88 valence electrons. The monoisotopic (exact) mass is 218 g/mol. The molecule has 0 aromatic heterocycles. The third-order valence-corrected chi connectivity index (χ3v) is 2.63. The van der Waals surface area contributed by atoms with Crippen molar-refractivity contribution in [2.45, 2.75) is 25.9 Å². The molecule has 0 saturated carbocycles. The fourth-order valence-corrected chi connectivity index (χ4v) is 1.54. The second-order valence-corrected chi connectivity index (χ2v) is 4.37. The minimum Gasteiger partial charge on any atom is -0.378 e. The van der Waals surface area contributed by atoms with Crippen molar-refractivity contribution < 1.29 is 0 Å². The zero-order chi connectivity index (χ0) is 12.0. The highest BCUT2D eigenvalue weighted by Gasteiger charge is 1.99. The average Bonchev–Trinajstić information content (AvgIpc) is 2.27. The number of hydrogen-bond donors (Lipinski definition) is 1. The molecule has 2 nitrogen and oxygen atoms in total. The van der Waals surface area contributed by atoms with E-state index < -0.39 is 0 Å². The zero-order valence-electron chi connectivity index (χ0n) is 10.5. The van der Waals surface area contributed by atoms with Crippen molar-refractivity contribution in [3.8, 4) is 0 Å². The fraction of sp³-hybridized carbons (Fsp3) is 0.429. The minimum atomic E-state index is 0.492. The normalized spacial score (nSPS) is 12.2. The lowest BCUT2D eigenvalue weighted by molar-refractivity contribution is 0.554. The standard InChI is InChI=1S/C14H22N2/c1-5-6-12(2)15-11-13-7-9-14(10-8-13)16(3)4/h5,7-10,12,15H,1,6,11H2,2-4H3. The van der Waals surface area contributed by atoms with Crippen LogP contribution in [0.3, 0.4) is 0 Å². The van der Waals surface area contributed by atoms with Gasteiger partial charge in [-0.1, -0.05) is 18.2 Å². The topological polar surface area (TPSA) is 15.3 Å². The summed E-state index contributed by atoms with van der Waals surface area (Å²) in [6, 6.07) is 9.13. The number of benzene rings is 1. The van der Waals surface area contributed by atoms with Gasteiger partial charge >= 0.3 is 0 Å². The lowest BCUT2D eigenvalue weighted by Crippen LogP contribution is -2.24. The van der Waals surface area contributed by atoms with Crippen LogP contribution >= 0.6 is 0 Å². The maximum Gasteiger partial charge on any atom is 0.0361 e. The van der Waals surface area contributed by atoms with Crippen molar-refractivity contribution in [2.75, 3.05) is 19.0 Å². The summed E-state index contributed by atoms with van der Waals surface area (Å²) < 4.78 is 0. The highest BCUT2D eigenvalue weighted by atomic mass is 15.1. The summed E-state index contributed by atoms with van der Waals surface area (Å²) in [6.07, 6.45) is 2.96. The third-order valence-electron chi connectivity index (χ3n) is 2.63. The smallest absolute Gasteiger partial charge is 0.0361 e. The number of nitrogens with zero attached hydrogens (tertiary/aromatic N) is 1. The van der Waals surface area contributed by atoms with Gasteiger partial charge in [0.2, 0.25) is 0 Å². The molecule has 1 N–H and O–H groups in total. The molecule has 0 spiro atoms. The van der Waals surface area contributed by atoms with Gasteiger partial charge in [-0.3, -0.25) is 0 Å². The maximum absolute atomic E-state index is 3.74. The molecule has 0 fully saturated rings. The summed E-state index contributed by atoms with van der Waals surface area (Å²) >= 11 is 0. The number of hydrogen-bond acceptors (Lipinski definition) is 2. The molecule has 2 heteroatoms. The van der Waals surface area contributed by atoms with E-state index in [1.807, 2.05) is 6.08 Å². The highest BCUT2D eigenvalue weighted by Crippen LogP contribution is 2.12. The predicted molar refractivity (Wildman–Crippen MR) is 71.9 cm³/mol. The Balaban J connectivity index is 2.46. The van der Waals surface area contributed by atoms with Gasteiger partial charge < -0.3 is 10.2 Å². The summed E-state index contributed by atoms with van der Waals surface area (Å²) in [5.41, 5.74) is 2.56. The van der Waals surface area contributed by atoms with Crippen LogP contribution in [0.4, 0.5) is 5.69 Å². The van der Waals surface area contributed by atoms with E-state index in [2.05, 4.69) is 62.1 Å². The Bertz CT molecular complexity index is 314. The number of rotatable bonds is 6. The second kappa shape index (κ2) is 6.33. The molecule has 1 aromatic carbocycles. The number of nitrogens with one attached hydrogen (secondary N) is 1. The molecule has 16 heavy (non-hydrogen) atoms. The fourth-order valence-electron chi connectivity index (χ4n) is 1.54. The predicted octanol–water partition coefficient (Wildman–Crippen LogP) is 2.81. The lowest BCUT2D eigenvalue weighted by Gasteiger charge is -2.14. The summed E-state index contributed by atoms with van der Waals surface area (Å²) in [5.74, 6) is 0. The van der Waals surface area contributed by atoms with Gasteiger partial charge in [0.05, 0.1) is 0 Å². The Kier molecular flexibility index (Phi) is 5.06. The van der Waals surface area contributed by atoms with E-state index in [0.717, 1.165) is 13.0 Å². The van der Waals surface area contributed by atoms with Gasteiger partial charge in [-0.15, -0.1) is 6.58 Å². The average molecular weight is 218 g/mol. The molecule has 0 aliphatic rings. The summed E-state index contributed by atoms with van der Waals surface area (Å²) in [6.45, 7) is 6.84. The van der Waals surface area contributed by atoms with Crippen LogP contribution in [0.1, 0.15) is 18.9 Å². The van der Waals surface area contributed by atoms with Gasteiger partial charge in [0.15, 0.2) is 0 Å². The Morgan fingerprint density at radius 3 is 2.44 bits per heavy atom. The van der Waals surface area contributed by atoms with Crippen LogP contribution in [0.15, 0.2) is 36.9 Å². The molecule has 1 aromatic rings. The molecule has 0 radical (unpaired) electrons. The molecule has 0 aliphatic heterocycles. The van der Waals surface area contributed by atoms with Crippen molar-refractivity contribution >= 4 is 5.69 Å². The quantitative estimate of drug-likeness (QED) is 0.739. The van der Waals surface area contributed by atoms with Crippen molar-refractivity contribution in [1.29, 1.82) is 0 Å². The third kappa shape index (κ3) is 4.07. The molecule has 1 rings (SSSR count). The molecule has 0 saturated heterocycles. The summed E-state index contributed by atoms with van der Waals surface area (Å²) in [5, 5.41) is 3.46. The van der Waals surface area contributed by atoms with E-state index in [1.165, 1.54) is 11.3 Å². The molecule has 0 bridgehead atoms. The van der Waals surface area contributed by atoms with Crippen LogP contribution in [-0.2, 0) is 6.54 Å². The van der Waals surface area contributed by atoms with Gasteiger partial charge in [-0.05, 0) is 31.0 Å². The zero-order valence-corrected chi connectivity index (χ0v) is 10.5. The molecule has 1 atom stereocenters. The molecule has 0 aliphatic carbocycles. The Morgan fingerprint density at radius 2 is 1.94 bits per heavy atom. The van der Waals surface area contributed by atoms with Gasteiger partial charge in [-0.25, -0.2) is 0 Å². The molecule has 0 amide bonds. The molecular weight excluding hydrogens is 196 g/mol. The van der Waals surface area contributed by atoms with Crippen LogP contribution < -0.4 is 10.2 Å². The van der Waals surface area contributed by atoms with E-state index >= 15 is 0 Å². The highest BCUT2D eigenvalue weighted by molar-refractivity contribution is 5.45. The van der Waals surface area contributed by atoms with E-state index in [4.69, 9.17) is 0 Å². The van der Waals surface area contributed by atoms with Crippen LogP contribution in [0.2, 0.25) is 0 Å². The summed E-state index contributed by atoms with van der Waals surface area (Å²) in [4.78, 5) is 2.11. The largest absolute Gasteiger partial charge is 0.378 e. The van der Waals surface area contributed by atoms with E-state index in [-0.39, 0.29) is 0 Å². The van der Waals surface area contributed by atoms with Gasteiger partial charge in [0, 0.05) is 32.4 Å². The van der Waals surface area contributed by atoms with Crippen LogP contribution in [0.5, 0.6) is 0 Å². The van der Waals surface area contributed by atoms with E-state index in [0.29, 0.717) is 6.04 Å². The van der Waals surface area contributed by atoms with Crippen molar-refractivity contribution in [2.24, 2.45) is 0 Å². The lowest BCUT2D eigenvalue weighted by atomic mass is 10.1. The molecular formula is C14H22N2. The first kappa shape index (κ1) is 12.8. The van der Waals surface area contributed by atoms with Crippen LogP contribution in [-0.4, -0.2) is 20.1 Å².